The number of aliphatic hydroxyl groups excluding tert-OH is 1. The van der Waals surface area contributed by atoms with Crippen LogP contribution < -0.4 is 33.2 Å². The van der Waals surface area contributed by atoms with Gasteiger partial charge in [-0.3, -0.25) is 19.4 Å². The minimum atomic E-state index is -1.56. The predicted molar refractivity (Wildman–Crippen MR) is 147 cm³/mol. The number of hydrogen-bond acceptors (Lipinski definition) is 9. The highest BCUT2D eigenvalue weighted by molar-refractivity contribution is 5.94. The Kier molecular flexibility index (Phi) is 12.5. The van der Waals surface area contributed by atoms with Crippen LogP contribution in [0.3, 0.4) is 0 Å². The molecule has 0 aliphatic carbocycles. The van der Waals surface area contributed by atoms with Crippen molar-refractivity contribution in [3.05, 3.63) is 48.0 Å². The lowest BCUT2D eigenvalue weighted by Crippen LogP contribution is -2.60. The summed E-state index contributed by atoms with van der Waals surface area (Å²) in [6, 6.07) is 0.710. The van der Waals surface area contributed by atoms with E-state index in [9.17, 15) is 34.5 Å². The lowest BCUT2D eigenvalue weighted by Gasteiger charge is -2.26. The summed E-state index contributed by atoms with van der Waals surface area (Å²) in [5, 5.41) is 36.6. The largest absolute Gasteiger partial charge is 0.508 e. The number of nitrogens with two attached hydrogens (primary N) is 3. The zero-order valence-corrected chi connectivity index (χ0v) is 22.5. The molecule has 0 aliphatic heterocycles. The van der Waals surface area contributed by atoms with E-state index in [-0.39, 0.29) is 43.9 Å². The van der Waals surface area contributed by atoms with Crippen LogP contribution in [0.1, 0.15) is 31.0 Å². The van der Waals surface area contributed by atoms with Crippen LogP contribution in [-0.4, -0.2) is 91.8 Å². The minimum Gasteiger partial charge on any atom is -0.508 e. The van der Waals surface area contributed by atoms with E-state index in [1.807, 2.05) is 0 Å². The average molecular weight is 576 g/mol. The maximum atomic E-state index is 13.3. The number of phenolic OH excluding ortho intramolecular Hbond substituents is 1. The first-order valence-electron chi connectivity index (χ1n) is 12.8. The second-order valence-electron chi connectivity index (χ2n) is 9.39. The van der Waals surface area contributed by atoms with Gasteiger partial charge in [0, 0.05) is 31.3 Å². The lowest BCUT2D eigenvalue weighted by atomic mass is 10.0. The maximum Gasteiger partial charge on any atom is 0.326 e. The standard InChI is InChI=1S/C25H37N9O7/c1-13(35)20(23(39)32-18(24(40)41)3-2-8-30-25(27)28)34-22(38)19(9-14-4-6-16(36)7-5-14)33-21(37)17(26)10-15-11-29-12-31-15/h4-7,11-13,17-20,35-36H,2-3,8-10,26H2,1H3,(H,29,31)(H,32,39)(H,33,37)(H,34,38)(H,40,41)(H4,27,28,30). The van der Waals surface area contributed by atoms with Crippen LogP contribution >= 0.6 is 0 Å². The van der Waals surface area contributed by atoms with Crippen molar-refractivity contribution in [3.63, 3.8) is 0 Å². The molecule has 0 radical (unpaired) electrons. The van der Waals surface area contributed by atoms with Gasteiger partial charge < -0.3 is 53.5 Å². The fraction of sp³-hybridized carbons (Fsp3) is 0.440. The number of carbonyl (C=O) groups is 4. The van der Waals surface area contributed by atoms with Gasteiger partial charge in [-0.1, -0.05) is 12.1 Å². The van der Waals surface area contributed by atoms with Crippen molar-refractivity contribution < 1.29 is 34.5 Å². The van der Waals surface area contributed by atoms with Crippen LogP contribution in [0.5, 0.6) is 5.75 Å². The summed E-state index contributed by atoms with van der Waals surface area (Å²) in [6.07, 6.45) is 1.78. The molecule has 0 spiro atoms. The lowest BCUT2D eigenvalue weighted by molar-refractivity contribution is -0.143. The Morgan fingerprint density at radius 3 is 2.22 bits per heavy atom. The highest BCUT2D eigenvalue weighted by Crippen LogP contribution is 2.12. The number of aromatic hydroxyl groups is 1. The van der Waals surface area contributed by atoms with Crippen LogP contribution in [0, 0.1) is 0 Å². The molecule has 1 aromatic carbocycles. The predicted octanol–water partition coefficient (Wildman–Crippen LogP) is -2.80. The molecule has 5 unspecified atom stereocenters. The number of nitrogens with one attached hydrogen (secondary N) is 4. The number of benzene rings is 1. The molecule has 0 saturated heterocycles. The van der Waals surface area contributed by atoms with Gasteiger partial charge in [0.15, 0.2) is 5.96 Å². The first-order valence-corrected chi connectivity index (χ1v) is 12.8. The van der Waals surface area contributed by atoms with E-state index in [4.69, 9.17) is 17.2 Å². The number of H-pyrrole nitrogens is 1. The van der Waals surface area contributed by atoms with Crippen LogP contribution in [0.4, 0.5) is 0 Å². The third kappa shape index (κ3) is 11.1. The van der Waals surface area contributed by atoms with E-state index in [1.165, 1.54) is 31.6 Å². The number of carboxylic acid groups (broad SMARTS) is 1. The second kappa shape index (κ2) is 15.8. The molecule has 1 aromatic heterocycles. The number of aliphatic carboxylic acids is 1. The average Bonchev–Trinajstić information content (AvgIpc) is 3.42. The fourth-order valence-electron chi connectivity index (χ4n) is 3.76. The van der Waals surface area contributed by atoms with Crippen molar-refractivity contribution >= 4 is 29.7 Å². The number of amides is 3. The summed E-state index contributed by atoms with van der Waals surface area (Å²) >= 11 is 0. The molecular weight excluding hydrogens is 538 g/mol. The van der Waals surface area contributed by atoms with Gasteiger partial charge in [-0.2, -0.15) is 0 Å². The van der Waals surface area contributed by atoms with Gasteiger partial charge in [0.1, 0.15) is 23.9 Å². The summed E-state index contributed by atoms with van der Waals surface area (Å²) in [4.78, 5) is 61.3. The molecule has 0 fully saturated rings. The number of aromatic nitrogens is 2. The normalized spacial score (nSPS) is 14.5. The molecule has 1 heterocycles. The molecule has 0 bridgehead atoms. The van der Waals surface area contributed by atoms with E-state index in [0.717, 1.165) is 0 Å². The second-order valence-corrected chi connectivity index (χ2v) is 9.39. The van der Waals surface area contributed by atoms with Gasteiger partial charge in [-0.05, 0) is 37.5 Å². The van der Waals surface area contributed by atoms with Crippen molar-refractivity contribution in [2.24, 2.45) is 22.2 Å². The maximum absolute atomic E-state index is 13.3. The number of imidazole rings is 1. The van der Waals surface area contributed by atoms with Gasteiger partial charge in [-0.25, -0.2) is 9.78 Å². The number of carboxylic acids is 1. The fourth-order valence-corrected chi connectivity index (χ4v) is 3.76. The van der Waals surface area contributed by atoms with Gasteiger partial charge in [-0.15, -0.1) is 0 Å². The van der Waals surface area contributed by atoms with Crippen LogP contribution in [0.15, 0.2) is 41.8 Å². The minimum absolute atomic E-state index is 0.00232. The Hall–Kier alpha value is -4.70. The SMILES string of the molecule is CC(O)C(NC(=O)C(Cc1ccc(O)cc1)NC(=O)C(N)Cc1cnc[nH]1)C(=O)NC(CCCN=C(N)N)C(=O)O. The first kappa shape index (κ1) is 32.5. The number of aliphatic imine (C=N–C) groups is 1. The van der Waals surface area contributed by atoms with Gasteiger partial charge >= 0.3 is 5.97 Å². The van der Waals surface area contributed by atoms with E-state index in [1.54, 1.807) is 12.1 Å². The van der Waals surface area contributed by atoms with Crippen LogP contribution in [-0.2, 0) is 32.0 Å². The first-order chi connectivity index (χ1) is 19.4. The molecule has 0 aliphatic rings. The van der Waals surface area contributed by atoms with Gasteiger partial charge in [0.2, 0.25) is 17.7 Å². The van der Waals surface area contributed by atoms with E-state index < -0.39 is 54.0 Å². The Morgan fingerprint density at radius 2 is 1.66 bits per heavy atom. The van der Waals surface area contributed by atoms with Crippen molar-refractivity contribution in [3.8, 4) is 5.75 Å². The zero-order chi connectivity index (χ0) is 30.5. The highest BCUT2D eigenvalue weighted by atomic mass is 16.4. The van der Waals surface area contributed by atoms with Gasteiger partial charge in [0.05, 0.1) is 18.5 Å². The molecule has 5 atom stereocenters. The third-order valence-corrected chi connectivity index (χ3v) is 5.96. The Balaban J connectivity index is 2.16. The number of hydrogen-bond donors (Lipinski definition) is 10. The topological polar surface area (TPSA) is 284 Å². The van der Waals surface area contributed by atoms with Crippen molar-refractivity contribution in [2.75, 3.05) is 6.54 Å². The summed E-state index contributed by atoms with van der Waals surface area (Å²) in [6.45, 7) is 1.38. The molecule has 224 valence electrons. The van der Waals surface area contributed by atoms with Crippen molar-refractivity contribution in [2.45, 2.75) is 62.9 Å². The van der Waals surface area contributed by atoms with E-state index >= 15 is 0 Å². The number of carbonyl (C=O) groups excluding carboxylic acids is 3. The number of phenols is 1. The smallest absolute Gasteiger partial charge is 0.326 e. The quantitative estimate of drug-likeness (QED) is 0.0554. The number of aliphatic hydroxyl groups is 1. The van der Waals surface area contributed by atoms with Crippen molar-refractivity contribution in [1.82, 2.24) is 25.9 Å². The van der Waals surface area contributed by atoms with E-state index in [0.29, 0.717) is 11.3 Å². The van der Waals surface area contributed by atoms with Gasteiger partial charge in [0.25, 0.3) is 0 Å². The Labute approximate surface area is 235 Å². The third-order valence-electron chi connectivity index (χ3n) is 5.96. The molecule has 3 amide bonds. The molecular formula is C25H37N9O7. The summed E-state index contributed by atoms with van der Waals surface area (Å²) in [5.74, 6) is -3.94. The Bertz CT molecular complexity index is 1180. The summed E-state index contributed by atoms with van der Waals surface area (Å²) in [7, 11) is 0. The molecule has 0 saturated carbocycles. The molecule has 2 aromatic rings. The highest BCUT2D eigenvalue weighted by Gasteiger charge is 2.33. The molecule has 16 nitrogen and oxygen atoms in total. The van der Waals surface area contributed by atoms with Crippen molar-refractivity contribution in [1.29, 1.82) is 0 Å². The zero-order valence-electron chi connectivity index (χ0n) is 22.5. The Morgan fingerprint density at radius 1 is 1.00 bits per heavy atom. The van der Waals surface area contributed by atoms with Crippen LogP contribution in [0.2, 0.25) is 0 Å². The molecule has 16 heteroatoms. The molecule has 2 rings (SSSR count). The summed E-state index contributed by atoms with van der Waals surface area (Å²) < 4.78 is 0. The number of rotatable bonds is 16. The van der Waals surface area contributed by atoms with E-state index in [2.05, 4.69) is 30.9 Å². The number of aromatic amines is 1. The van der Waals surface area contributed by atoms with Crippen LogP contribution in [0.25, 0.3) is 0 Å². The monoisotopic (exact) mass is 575 g/mol. The molecule has 41 heavy (non-hydrogen) atoms. The molecule has 13 N–H and O–H groups in total. The summed E-state index contributed by atoms with van der Waals surface area (Å²) in [5.41, 5.74) is 17.7. The number of guanidine groups is 1. The number of nitrogens with zero attached hydrogens (tertiary/aromatic N) is 2.